The van der Waals surface area contributed by atoms with Crippen LogP contribution in [0.2, 0.25) is 0 Å². The molecule has 292 valence electrons. The van der Waals surface area contributed by atoms with Crippen LogP contribution in [0.4, 0.5) is 4.79 Å². The lowest BCUT2D eigenvalue weighted by molar-refractivity contribution is -0.497. The predicted molar refractivity (Wildman–Crippen MR) is 193 cm³/mol. The van der Waals surface area contributed by atoms with E-state index < -0.39 is 28.9 Å². The topological polar surface area (TPSA) is 231 Å². The van der Waals surface area contributed by atoms with Gasteiger partial charge >= 0.3 is 17.9 Å². The highest BCUT2D eigenvalue weighted by Gasteiger charge is 2.33. The van der Waals surface area contributed by atoms with E-state index in [4.69, 9.17) is 28.7 Å². The van der Waals surface area contributed by atoms with E-state index in [0.29, 0.717) is 28.9 Å². The number of esters is 1. The lowest BCUT2D eigenvalue weighted by atomic mass is 9.98. The van der Waals surface area contributed by atoms with Crippen LogP contribution in [-0.4, -0.2) is 62.7 Å². The van der Waals surface area contributed by atoms with Crippen molar-refractivity contribution in [2.45, 2.75) is 72.5 Å². The lowest BCUT2D eigenvalue weighted by Crippen LogP contribution is -2.23. The molecule has 18 nitrogen and oxygen atoms in total. The first-order valence-electron chi connectivity index (χ1n) is 17.4. The molecule has 3 N–H and O–H groups in total. The van der Waals surface area contributed by atoms with Crippen molar-refractivity contribution in [3.05, 3.63) is 129 Å². The third-order valence-corrected chi connectivity index (χ3v) is 8.62. The third kappa shape index (κ3) is 9.13. The number of benzene rings is 3. The Morgan fingerprint density at radius 2 is 1.57 bits per heavy atom. The molecule has 6 aromatic rings. The van der Waals surface area contributed by atoms with Crippen molar-refractivity contribution in [2.24, 2.45) is 0 Å². The highest BCUT2D eigenvalue weighted by molar-refractivity contribution is 5.89. The SMILES string of the molecule is CCCc1nc(C(C)(C)O)c(C(=O)OCc2oc(=O)oc2C)n1Cc1ccc(-c2ccccc2-c2nnn(C(=O)OCc3ccccc3CON(O)O)n2)cc1. The first-order valence-corrected chi connectivity index (χ1v) is 17.4. The largest absolute Gasteiger partial charge is 0.519 e. The molecule has 0 amide bonds. The fraction of sp³-hybridized carbons (Fsp3) is 0.289. The minimum Gasteiger partial charge on any atom is -0.453 e. The van der Waals surface area contributed by atoms with E-state index in [9.17, 15) is 19.5 Å². The fourth-order valence-corrected chi connectivity index (χ4v) is 5.89. The molecule has 0 atom stereocenters. The van der Waals surface area contributed by atoms with E-state index in [1.54, 1.807) is 34.9 Å². The van der Waals surface area contributed by atoms with Gasteiger partial charge in [0.1, 0.15) is 23.7 Å². The molecule has 0 aliphatic rings. The Morgan fingerprint density at radius 1 is 0.893 bits per heavy atom. The second kappa shape index (κ2) is 17.0. The Balaban J connectivity index is 1.21. The van der Waals surface area contributed by atoms with E-state index in [-0.39, 0.29) is 55.1 Å². The number of aryl methyl sites for hydroxylation is 2. The summed E-state index contributed by atoms with van der Waals surface area (Å²) in [5, 5.41) is 40.6. The van der Waals surface area contributed by atoms with Gasteiger partial charge in [-0.1, -0.05) is 84.5 Å². The highest BCUT2D eigenvalue weighted by atomic mass is 17.1. The van der Waals surface area contributed by atoms with Gasteiger partial charge in [0.05, 0.1) is 12.0 Å². The van der Waals surface area contributed by atoms with Crippen LogP contribution < -0.4 is 5.82 Å². The molecule has 56 heavy (non-hydrogen) atoms. The summed E-state index contributed by atoms with van der Waals surface area (Å²) >= 11 is 0. The summed E-state index contributed by atoms with van der Waals surface area (Å²) in [6.07, 6.45) is 0.365. The maximum atomic E-state index is 13.6. The predicted octanol–water partition coefficient (Wildman–Crippen LogP) is 5.34. The van der Waals surface area contributed by atoms with Crippen LogP contribution in [0, 0.1) is 6.92 Å². The number of nitrogens with zero attached hydrogens (tertiary/aromatic N) is 7. The number of aliphatic hydroxyl groups is 1. The molecular weight excluding hydrogens is 730 g/mol. The molecule has 0 radical (unpaired) electrons. The first kappa shape index (κ1) is 39.4. The number of tetrazole rings is 1. The van der Waals surface area contributed by atoms with Gasteiger partial charge in [-0.2, -0.15) is 0 Å². The molecule has 0 aliphatic heterocycles. The van der Waals surface area contributed by atoms with Crippen molar-refractivity contribution in [1.29, 1.82) is 0 Å². The second-order valence-electron chi connectivity index (χ2n) is 13.1. The van der Waals surface area contributed by atoms with Gasteiger partial charge in [-0.05, 0) is 60.2 Å². The molecular formula is C38H39N7O11. The number of hydrogen-bond donors (Lipinski definition) is 3. The van der Waals surface area contributed by atoms with Gasteiger partial charge in [0.2, 0.25) is 5.82 Å². The number of hydrogen-bond acceptors (Lipinski definition) is 16. The first-order chi connectivity index (χ1) is 26.8. The zero-order chi connectivity index (χ0) is 40.0. The Morgan fingerprint density at radius 3 is 2.21 bits per heavy atom. The number of ether oxygens (including phenoxy) is 2. The molecule has 3 aromatic heterocycles. The van der Waals surface area contributed by atoms with Crippen molar-refractivity contribution in [1.82, 2.24) is 35.1 Å². The Bertz CT molecular complexity index is 2370. The summed E-state index contributed by atoms with van der Waals surface area (Å²) in [6.45, 7) is 6.11. The molecule has 6 rings (SSSR count). The number of carbonyl (C=O) groups is 2. The quantitative estimate of drug-likeness (QED) is 0.0884. The molecule has 3 aromatic carbocycles. The van der Waals surface area contributed by atoms with Crippen molar-refractivity contribution in [2.75, 3.05) is 0 Å². The molecule has 18 heteroatoms. The van der Waals surface area contributed by atoms with E-state index in [1.165, 1.54) is 20.8 Å². The molecule has 0 bridgehead atoms. The molecule has 0 saturated carbocycles. The van der Waals surface area contributed by atoms with Crippen LogP contribution in [-0.2, 0) is 52.7 Å². The standard InChI is InChI=1S/C38H39N7O11/c1-5-10-31-39-33(38(3,4)49)32(35(46)52-22-30-23(2)55-37(48)56-30)43(31)19-24-15-17-25(18-16-24)28-13-8-9-14-29(28)34-40-42-44(41-34)36(47)53-20-26-11-6-7-12-27(26)21-54-45(50)51/h6-9,11-18,49-51H,5,10,19-22H2,1-4H3. The smallest absolute Gasteiger partial charge is 0.453 e. The maximum Gasteiger partial charge on any atom is 0.519 e. The van der Waals surface area contributed by atoms with Gasteiger partial charge in [-0.25, -0.2) is 24.2 Å². The Labute approximate surface area is 319 Å². The molecule has 0 fully saturated rings. The number of imidazole rings is 1. The lowest BCUT2D eigenvalue weighted by Gasteiger charge is -2.17. The fourth-order valence-electron chi connectivity index (χ4n) is 5.89. The summed E-state index contributed by atoms with van der Waals surface area (Å²) in [7, 11) is 0. The normalized spacial score (nSPS) is 11.6. The summed E-state index contributed by atoms with van der Waals surface area (Å²) in [6, 6.07) is 21.8. The third-order valence-electron chi connectivity index (χ3n) is 8.62. The average molecular weight is 770 g/mol. The zero-order valence-electron chi connectivity index (χ0n) is 30.9. The highest BCUT2D eigenvalue weighted by Crippen LogP contribution is 2.31. The van der Waals surface area contributed by atoms with Gasteiger partial charge in [-0.15, -0.1) is 10.2 Å². The van der Waals surface area contributed by atoms with Crippen molar-refractivity contribution in [3.8, 4) is 22.5 Å². The van der Waals surface area contributed by atoms with Crippen LogP contribution in [0.1, 0.15) is 77.4 Å². The second-order valence-corrected chi connectivity index (χ2v) is 13.1. The van der Waals surface area contributed by atoms with Gasteiger partial charge in [0.25, 0.3) is 0 Å². The minimum atomic E-state index is -1.48. The van der Waals surface area contributed by atoms with Crippen LogP contribution in [0.5, 0.6) is 0 Å². The van der Waals surface area contributed by atoms with Gasteiger partial charge in [0, 0.05) is 18.5 Å². The van der Waals surface area contributed by atoms with E-state index >= 15 is 0 Å². The van der Waals surface area contributed by atoms with Gasteiger partial charge in [0.15, 0.2) is 23.8 Å². The molecule has 3 heterocycles. The number of carbonyl (C=O) groups excluding carboxylic acids is 2. The Kier molecular flexibility index (Phi) is 12.0. The summed E-state index contributed by atoms with van der Waals surface area (Å²) in [5.74, 6) is -0.632. The van der Waals surface area contributed by atoms with Crippen molar-refractivity contribution < 1.29 is 48.3 Å². The van der Waals surface area contributed by atoms with Crippen molar-refractivity contribution in [3.63, 3.8) is 0 Å². The summed E-state index contributed by atoms with van der Waals surface area (Å²) < 4.78 is 22.5. The van der Waals surface area contributed by atoms with Crippen molar-refractivity contribution >= 4 is 12.1 Å². The monoisotopic (exact) mass is 769 g/mol. The van der Waals surface area contributed by atoms with Gasteiger partial charge in [-0.3, -0.25) is 10.4 Å². The van der Waals surface area contributed by atoms with E-state index in [0.717, 1.165) is 27.9 Å². The summed E-state index contributed by atoms with van der Waals surface area (Å²) in [4.78, 5) is 48.1. The maximum absolute atomic E-state index is 13.6. The average Bonchev–Trinajstić information content (AvgIpc) is 3.90. The zero-order valence-corrected chi connectivity index (χ0v) is 30.9. The molecule has 0 unspecified atom stereocenters. The number of aromatic nitrogens is 6. The van der Waals surface area contributed by atoms with Gasteiger partial charge < -0.3 is 28.0 Å². The van der Waals surface area contributed by atoms with Crippen LogP contribution in [0.3, 0.4) is 0 Å². The van der Waals surface area contributed by atoms with E-state index in [1.807, 2.05) is 49.4 Å². The Hall–Kier alpha value is -6.31. The molecule has 0 saturated heterocycles. The summed E-state index contributed by atoms with van der Waals surface area (Å²) in [5.41, 5.74) is 2.85. The van der Waals surface area contributed by atoms with Crippen LogP contribution >= 0.6 is 0 Å². The van der Waals surface area contributed by atoms with Crippen LogP contribution in [0.15, 0.2) is 86.4 Å². The van der Waals surface area contributed by atoms with Crippen LogP contribution in [0.25, 0.3) is 22.5 Å². The molecule has 0 spiro atoms. The number of rotatable bonds is 15. The minimum absolute atomic E-state index is 0.0736. The molecule has 0 aliphatic carbocycles. The van der Waals surface area contributed by atoms with E-state index in [2.05, 4.69) is 25.2 Å².